The fourth-order valence-corrected chi connectivity index (χ4v) is 5.36. The molecule has 0 radical (unpaired) electrons. The molecule has 29 heavy (non-hydrogen) atoms. The van der Waals surface area contributed by atoms with Crippen molar-refractivity contribution in [3.05, 3.63) is 17.8 Å². The molecule has 0 aromatic carbocycles. The zero-order valence-corrected chi connectivity index (χ0v) is 17.7. The van der Waals surface area contributed by atoms with Crippen molar-refractivity contribution in [1.82, 2.24) is 15.3 Å². The zero-order valence-electron chi connectivity index (χ0n) is 16.9. The molecule has 2 atom stereocenters. The van der Waals surface area contributed by atoms with Crippen LogP contribution in [0.3, 0.4) is 0 Å². The van der Waals surface area contributed by atoms with Crippen LogP contribution in [0.5, 0.6) is 0 Å². The number of thiophene rings is 1. The summed E-state index contributed by atoms with van der Waals surface area (Å²) in [4.78, 5) is 32.4. The quantitative estimate of drug-likeness (QED) is 0.735. The number of carbonyl (C=O) groups is 2. The Kier molecular flexibility index (Phi) is 7.80. The molecule has 1 saturated heterocycles. The largest absolute Gasteiger partial charge is 0.483 e. The van der Waals surface area contributed by atoms with Gasteiger partial charge in [0.25, 0.3) is 6.47 Å². The lowest BCUT2D eigenvalue weighted by Gasteiger charge is -2.40. The molecule has 0 unspecified atom stereocenters. The average Bonchev–Trinajstić information content (AvgIpc) is 3.24. The Morgan fingerprint density at radius 3 is 2.79 bits per heavy atom. The van der Waals surface area contributed by atoms with Crippen molar-refractivity contribution in [1.29, 1.82) is 0 Å². The highest BCUT2D eigenvalue weighted by Gasteiger charge is 2.32. The summed E-state index contributed by atoms with van der Waals surface area (Å²) in [5.74, 6) is 2.07. The van der Waals surface area contributed by atoms with E-state index in [9.17, 15) is 4.79 Å². The summed E-state index contributed by atoms with van der Waals surface area (Å²) < 4.78 is 1.17. The lowest BCUT2D eigenvalue weighted by atomic mass is 9.86. The molecule has 2 fully saturated rings. The molecule has 1 aliphatic carbocycles. The van der Waals surface area contributed by atoms with Gasteiger partial charge in [-0.2, -0.15) is 0 Å². The topological polar surface area (TPSA) is 95.4 Å². The lowest BCUT2D eigenvalue weighted by molar-refractivity contribution is -0.127. The third kappa shape index (κ3) is 5.23. The standard InChI is InChI=1S/C20H28N4OS.CH2O2/c1-2-14-12-24(19-18-17(9-11-26-18)21-13-22-19)10-8-16(14)23-20(25)15-6-4-3-5-7-15;2-1-3/h9,11,13-16H,2-8,10,12H2,1H3,(H,23,25);1H,(H,2,3)/t14-,16+;/m1./s1. The summed E-state index contributed by atoms with van der Waals surface area (Å²) in [7, 11) is 0. The summed E-state index contributed by atoms with van der Waals surface area (Å²) >= 11 is 1.71. The number of nitrogens with one attached hydrogen (secondary N) is 1. The number of hydrogen-bond acceptors (Lipinski definition) is 6. The normalized spacial score (nSPS) is 22.6. The van der Waals surface area contributed by atoms with Crippen LogP contribution in [0.15, 0.2) is 17.8 Å². The number of anilines is 1. The molecule has 7 nitrogen and oxygen atoms in total. The molecule has 2 aliphatic rings. The average molecular weight is 419 g/mol. The minimum atomic E-state index is -0.250. The van der Waals surface area contributed by atoms with Gasteiger partial charge in [-0.1, -0.05) is 26.2 Å². The van der Waals surface area contributed by atoms with Crippen LogP contribution in [0, 0.1) is 11.8 Å². The van der Waals surface area contributed by atoms with E-state index in [2.05, 4.69) is 38.6 Å². The first-order valence-corrected chi connectivity index (χ1v) is 11.4. The Bertz CT molecular complexity index is 806. The van der Waals surface area contributed by atoms with E-state index in [0.717, 1.165) is 50.1 Å². The molecule has 158 valence electrons. The summed E-state index contributed by atoms with van der Waals surface area (Å²) in [6, 6.07) is 2.35. The highest BCUT2D eigenvalue weighted by molar-refractivity contribution is 7.17. The van der Waals surface area contributed by atoms with Crippen molar-refractivity contribution >= 4 is 39.8 Å². The predicted octanol–water partition coefficient (Wildman–Crippen LogP) is 3.69. The Balaban J connectivity index is 0.000000755. The maximum atomic E-state index is 12.7. The van der Waals surface area contributed by atoms with Gasteiger partial charge in [-0.25, -0.2) is 9.97 Å². The highest BCUT2D eigenvalue weighted by Crippen LogP contribution is 2.32. The monoisotopic (exact) mass is 418 g/mol. The van der Waals surface area contributed by atoms with E-state index in [1.807, 2.05) is 0 Å². The van der Waals surface area contributed by atoms with Gasteiger partial charge in [0.15, 0.2) is 0 Å². The first-order valence-electron chi connectivity index (χ1n) is 10.5. The van der Waals surface area contributed by atoms with Crippen LogP contribution in [0.25, 0.3) is 10.2 Å². The highest BCUT2D eigenvalue weighted by atomic mass is 32.1. The van der Waals surface area contributed by atoms with Crippen molar-refractivity contribution in [2.24, 2.45) is 11.8 Å². The number of piperidine rings is 1. The van der Waals surface area contributed by atoms with Crippen molar-refractivity contribution in [3.8, 4) is 0 Å². The molecule has 1 aliphatic heterocycles. The van der Waals surface area contributed by atoms with E-state index in [4.69, 9.17) is 9.90 Å². The number of amides is 1. The third-order valence-corrected chi connectivity index (χ3v) is 6.99. The fraction of sp³-hybridized carbons (Fsp3) is 0.619. The van der Waals surface area contributed by atoms with Crippen molar-refractivity contribution in [2.75, 3.05) is 18.0 Å². The van der Waals surface area contributed by atoms with Gasteiger partial charge in [0, 0.05) is 25.0 Å². The Hall–Kier alpha value is -2.22. The van der Waals surface area contributed by atoms with E-state index in [-0.39, 0.29) is 12.4 Å². The minimum absolute atomic E-state index is 0.242. The van der Waals surface area contributed by atoms with E-state index in [0.29, 0.717) is 17.9 Å². The Labute approximate surface area is 175 Å². The molecule has 0 spiro atoms. The van der Waals surface area contributed by atoms with Gasteiger partial charge >= 0.3 is 0 Å². The van der Waals surface area contributed by atoms with E-state index in [1.165, 1.54) is 24.0 Å². The van der Waals surface area contributed by atoms with Gasteiger partial charge in [-0.05, 0) is 43.0 Å². The number of carboxylic acid groups (broad SMARTS) is 1. The molecule has 2 aromatic heterocycles. The first-order chi connectivity index (χ1) is 14.2. The Morgan fingerprint density at radius 2 is 2.07 bits per heavy atom. The molecule has 0 bridgehead atoms. The van der Waals surface area contributed by atoms with Gasteiger partial charge in [-0.15, -0.1) is 11.3 Å². The molecule has 1 saturated carbocycles. The minimum Gasteiger partial charge on any atom is -0.483 e. The van der Waals surface area contributed by atoms with Gasteiger partial charge in [-0.3, -0.25) is 9.59 Å². The third-order valence-electron chi connectivity index (χ3n) is 6.09. The lowest BCUT2D eigenvalue weighted by Crippen LogP contribution is -2.52. The van der Waals surface area contributed by atoms with Crippen LogP contribution >= 0.6 is 11.3 Å². The molecule has 2 aromatic rings. The van der Waals surface area contributed by atoms with E-state index in [1.54, 1.807) is 17.7 Å². The Morgan fingerprint density at radius 1 is 1.31 bits per heavy atom. The second-order valence-corrected chi connectivity index (χ2v) is 8.71. The number of fused-ring (bicyclic) bond motifs is 1. The van der Waals surface area contributed by atoms with Crippen molar-refractivity contribution < 1.29 is 14.7 Å². The number of rotatable bonds is 4. The molecular weight excluding hydrogens is 388 g/mol. The zero-order chi connectivity index (χ0) is 20.6. The summed E-state index contributed by atoms with van der Waals surface area (Å²) in [5, 5.41) is 12.4. The van der Waals surface area contributed by atoms with Crippen LogP contribution in [-0.4, -0.2) is 46.6 Å². The maximum Gasteiger partial charge on any atom is 0.290 e. The molecule has 4 rings (SSSR count). The van der Waals surface area contributed by atoms with Crippen LogP contribution in [0.4, 0.5) is 5.82 Å². The number of carbonyl (C=O) groups excluding carboxylic acids is 1. The van der Waals surface area contributed by atoms with Crippen LogP contribution in [-0.2, 0) is 9.59 Å². The van der Waals surface area contributed by atoms with Crippen molar-refractivity contribution in [2.45, 2.75) is 57.9 Å². The van der Waals surface area contributed by atoms with Crippen molar-refractivity contribution in [3.63, 3.8) is 0 Å². The molecule has 1 amide bonds. The number of aromatic nitrogens is 2. The molecule has 3 heterocycles. The number of nitrogens with zero attached hydrogens (tertiary/aromatic N) is 3. The fourth-order valence-electron chi connectivity index (χ4n) is 4.49. The maximum absolute atomic E-state index is 12.7. The molecule has 8 heteroatoms. The second kappa shape index (κ2) is 10.5. The van der Waals surface area contributed by atoms with Gasteiger partial charge < -0.3 is 15.3 Å². The molecular formula is C21H30N4O3S. The van der Waals surface area contributed by atoms with Gasteiger partial charge in [0.05, 0.1) is 10.2 Å². The van der Waals surface area contributed by atoms with Gasteiger partial charge in [0.2, 0.25) is 5.91 Å². The number of hydrogen-bond donors (Lipinski definition) is 2. The summed E-state index contributed by atoms with van der Waals surface area (Å²) in [5.41, 5.74) is 1.03. The SMILES string of the molecule is CC[C@@H]1CN(c2ncnc3ccsc23)CC[C@@H]1NC(=O)C1CCCCC1.O=CO. The summed E-state index contributed by atoms with van der Waals surface area (Å²) in [6.45, 7) is 3.88. The van der Waals surface area contributed by atoms with Crippen LogP contribution in [0.2, 0.25) is 0 Å². The molecule has 2 N–H and O–H groups in total. The van der Waals surface area contributed by atoms with E-state index < -0.39 is 0 Å². The summed E-state index contributed by atoms with van der Waals surface area (Å²) in [6.07, 6.45) is 9.57. The smallest absolute Gasteiger partial charge is 0.290 e. The van der Waals surface area contributed by atoms with Crippen LogP contribution in [0.1, 0.15) is 51.9 Å². The second-order valence-electron chi connectivity index (χ2n) is 7.79. The first kappa shape index (κ1) is 21.5. The van der Waals surface area contributed by atoms with Crippen LogP contribution < -0.4 is 10.2 Å². The predicted molar refractivity (Wildman–Crippen MR) is 115 cm³/mol. The van der Waals surface area contributed by atoms with Gasteiger partial charge in [0.1, 0.15) is 12.1 Å². The van der Waals surface area contributed by atoms with E-state index >= 15 is 0 Å².